The van der Waals surface area contributed by atoms with Gasteiger partial charge in [0.05, 0.1) is 26.2 Å². The van der Waals surface area contributed by atoms with E-state index in [2.05, 4.69) is 4.74 Å². The van der Waals surface area contributed by atoms with Gasteiger partial charge in [-0.1, -0.05) is 0 Å². The van der Waals surface area contributed by atoms with Gasteiger partial charge in [-0.25, -0.2) is 4.79 Å². The van der Waals surface area contributed by atoms with E-state index in [4.69, 9.17) is 9.47 Å². The molecule has 0 N–H and O–H groups in total. The second-order valence-electron chi connectivity index (χ2n) is 6.06. The van der Waals surface area contributed by atoms with Gasteiger partial charge in [-0.3, -0.25) is 9.69 Å². The summed E-state index contributed by atoms with van der Waals surface area (Å²) in [6, 6.07) is 0. The molecule has 1 saturated heterocycles. The second kappa shape index (κ2) is 5.36. The maximum Gasteiger partial charge on any atom is 0.412 e. The zero-order valence-electron chi connectivity index (χ0n) is 12.5. The number of esters is 1. The van der Waals surface area contributed by atoms with Gasteiger partial charge in [-0.15, -0.1) is 0 Å². The Labute approximate surface area is 114 Å². The van der Waals surface area contributed by atoms with Crippen molar-refractivity contribution in [2.45, 2.75) is 58.5 Å². The lowest BCUT2D eigenvalue weighted by atomic mass is 10.2. The number of methoxy groups -OCH3 is 1. The standard InChI is InChI=1S/C13H23NO5/c1-12(2,3)19-11(16)14-8-9(7-10(15)17-6)18-13(14,4)5/h9H,7-8H2,1-6H3/t9-/m0/s1. The van der Waals surface area contributed by atoms with E-state index in [-0.39, 0.29) is 18.5 Å². The summed E-state index contributed by atoms with van der Waals surface area (Å²) in [5, 5.41) is 0. The quantitative estimate of drug-likeness (QED) is 0.719. The van der Waals surface area contributed by atoms with Crippen LogP contribution in [0.25, 0.3) is 0 Å². The molecule has 0 saturated carbocycles. The third-order valence-electron chi connectivity index (χ3n) is 2.73. The number of hydrogen-bond acceptors (Lipinski definition) is 5. The minimum atomic E-state index is -0.791. The van der Waals surface area contributed by atoms with Crippen LogP contribution in [-0.2, 0) is 19.0 Å². The molecular formula is C13H23NO5. The first-order valence-corrected chi connectivity index (χ1v) is 6.30. The molecule has 0 unspecified atom stereocenters. The fourth-order valence-corrected chi connectivity index (χ4v) is 1.92. The first-order valence-electron chi connectivity index (χ1n) is 6.30. The first kappa shape index (κ1) is 15.8. The van der Waals surface area contributed by atoms with Gasteiger partial charge >= 0.3 is 12.1 Å². The highest BCUT2D eigenvalue weighted by molar-refractivity contribution is 5.71. The molecule has 6 heteroatoms. The zero-order chi connectivity index (χ0) is 14.8. The Morgan fingerprint density at radius 1 is 1.37 bits per heavy atom. The van der Waals surface area contributed by atoms with Crippen LogP contribution in [0, 0.1) is 0 Å². The molecular weight excluding hydrogens is 250 g/mol. The van der Waals surface area contributed by atoms with E-state index >= 15 is 0 Å². The van der Waals surface area contributed by atoms with Crippen LogP contribution in [0.2, 0.25) is 0 Å². The number of nitrogens with zero attached hydrogens (tertiary/aromatic N) is 1. The molecule has 0 aromatic heterocycles. The highest BCUT2D eigenvalue weighted by atomic mass is 16.6. The molecule has 0 radical (unpaired) electrons. The van der Waals surface area contributed by atoms with Gasteiger partial charge in [0.1, 0.15) is 11.3 Å². The predicted octanol–water partition coefficient (Wildman–Crippen LogP) is 1.92. The van der Waals surface area contributed by atoms with Gasteiger partial charge in [0.25, 0.3) is 0 Å². The molecule has 0 aromatic carbocycles. The molecule has 1 fully saturated rings. The summed E-state index contributed by atoms with van der Waals surface area (Å²) >= 11 is 0. The van der Waals surface area contributed by atoms with Crippen LogP contribution in [0.5, 0.6) is 0 Å². The smallest absolute Gasteiger partial charge is 0.412 e. The molecule has 0 spiro atoms. The Morgan fingerprint density at radius 2 is 1.95 bits per heavy atom. The number of ether oxygens (including phenoxy) is 3. The van der Waals surface area contributed by atoms with Crippen molar-refractivity contribution in [3.8, 4) is 0 Å². The van der Waals surface area contributed by atoms with Gasteiger partial charge in [-0.05, 0) is 34.6 Å². The Morgan fingerprint density at radius 3 is 2.42 bits per heavy atom. The predicted molar refractivity (Wildman–Crippen MR) is 68.5 cm³/mol. The van der Waals surface area contributed by atoms with Crippen molar-refractivity contribution in [3.63, 3.8) is 0 Å². The average molecular weight is 273 g/mol. The summed E-state index contributed by atoms with van der Waals surface area (Å²) < 4.78 is 15.6. The van der Waals surface area contributed by atoms with Crippen molar-refractivity contribution in [2.24, 2.45) is 0 Å². The minimum absolute atomic E-state index is 0.124. The van der Waals surface area contributed by atoms with E-state index in [1.807, 2.05) is 0 Å². The zero-order valence-corrected chi connectivity index (χ0v) is 12.5. The molecule has 1 amide bonds. The minimum Gasteiger partial charge on any atom is -0.469 e. The number of carbonyl (C=O) groups is 2. The lowest BCUT2D eigenvalue weighted by Gasteiger charge is -2.31. The van der Waals surface area contributed by atoms with Gasteiger partial charge < -0.3 is 14.2 Å². The lowest BCUT2D eigenvalue weighted by molar-refractivity contribution is -0.145. The van der Waals surface area contributed by atoms with Crippen molar-refractivity contribution in [3.05, 3.63) is 0 Å². The van der Waals surface area contributed by atoms with Crippen molar-refractivity contribution < 1.29 is 23.8 Å². The van der Waals surface area contributed by atoms with Crippen LogP contribution < -0.4 is 0 Å². The van der Waals surface area contributed by atoms with Crippen molar-refractivity contribution in [1.82, 2.24) is 4.90 Å². The van der Waals surface area contributed by atoms with E-state index in [1.54, 1.807) is 34.6 Å². The monoisotopic (exact) mass is 273 g/mol. The molecule has 1 rings (SSSR count). The molecule has 1 atom stereocenters. The Hall–Kier alpha value is -1.30. The summed E-state index contributed by atoms with van der Waals surface area (Å²) in [5.74, 6) is -0.355. The van der Waals surface area contributed by atoms with Gasteiger partial charge in [0, 0.05) is 0 Å². The molecule has 1 aliphatic heterocycles. The van der Waals surface area contributed by atoms with Crippen molar-refractivity contribution in [1.29, 1.82) is 0 Å². The SMILES string of the molecule is COC(=O)C[C@H]1CN(C(=O)OC(C)(C)C)C(C)(C)O1. The van der Waals surface area contributed by atoms with Gasteiger partial charge in [-0.2, -0.15) is 0 Å². The molecule has 19 heavy (non-hydrogen) atoms. The van der Waals surface area contributed by atoms with E-state index in [0.717, 1.165) is 0 Å². The molecule has 110 valence electrons. The summed E-state index contributed by atoms with van der Waals surface area (Å²) in [7, 11) is 1.33. The molecule has 1 aliphatic rings. The highest BCUT2D eigenvalue weighted by Gasteiger charge is 2.44. The van der Waals surface area contributed by atoms with Crippen LogP contribution in [0.1, 0.15) is 41.0 Å². The van der Waals surface area contributed by atoms with Crippen LogP contribution >= 0.6 is 0 Å². The number of hydrogen-bond donors (Lipinski definition) is 0. The Kier molecular flexibility index (Phi) is 4.45. The maximum atomic E-state index is 12.1. The highest BCUT2D eigenvalue weighted by Crippen LogP contribution is 2.29. The normalized spacial score (nSPS) is 22.2. The molecule has 0 aromatic rings. The molecule has 1 heterocycles. The summed E-state index contributed by atoms with van der Waals surface area (Å²) in [6.45, 7) is 9.28. The van der Waals surface area contributed by atoms with Crippen molar-refractivity contribution >= 4 is 12.1 Å². The van der Waals surface area contributed by atoms with Crippen LogP contribution in [0.3, 0.4) is 0 Å². The maximum absolute atomic E-state index is 12.1. The van der Waals surface area contributed by atoms with Crippen LogP contribution in [-0.4, -0.2) is 48.0 Å². The summed E-state index contributed by atoms with van der Waals surface area (Å²) in [4.78, 5) is 24.8. The largest absolute Gasteiger partial charge is 0.469 e. The van der Waals surface area contributed by atoms with E-state index in [1.165, 1.54) is 12.0 Å². The van der Waals surface area contributed by atoms with E-state index in [9.17, 15) is 9.59 Å². The Bertz CT molecular complexity index is 359. The van der Waals surface area contributed by atoms with E-state index in [0.29, 0.717) is 6.54 Å². The number of amides is 1. The fourth-order valence-electron chi connectivity index (χ4n) is 1.92. The van der Waals surface area contributed by atoms with Crippen LogP contribution in [0.4, 0.5) is 4.79 Å². The topological polar surface area (TPSA) is 65.1 Å². The molecule has 6 nitrogen and oxygen atoms in total. The second-order valence-corrected chi connectivity index (χ2v) is 6.06. The van der Waals surface area contributed by atoms with Gasteiger partial charge in [0.15, 0.2) is 0 Å². The third-order valence-corrected chi connectivity index (χ3v) is 2.73. The Balaban J connectivity index is 2.69. The summed E-state index contributed by atoms with van der Waals surface area (Å²) in [5.41, 5.74) is -1.35. The third kappa shape index (κ3) is 4.38. The van der Waals surface area contributed by atoms with Crippen LogP contribution in [0.15, 0.2) is 0 Å². The van der Waals surface area contributed by atoms with Gasteiger partial charge in [0.2, 0.25) is 0 Å². The first-order chi connectivity index (χ1) is 8.55. The average Bonchev–Trinajstić information content (AvgIpc) is 2.50. The van der Waals surface area contributed by atoms with E-state index < -0.39 is 17.4 Å². The molecule has 0 aliphatic carbocycles. The fraction of sp³-hybridized carbons (Fsp3) is 0.846. The number of carbonyl (C=O) groups excluding carboxylic acids is 2. The summed E-state index contributed by atoms with van der Waals surface area (Å²) in [6.07, 6.45) is -0.681. The van der Waals surface area contributed by atoms with Crippen molar-refractivity contribution in [2.75, 3.05) is 13.7 Å². The number of rotatable bonds is 2. The lowest BCUT2D eigenvalue weighted by Crippen LogP contribution is -2.46. The molecule has 0 bridgehead atoms.